The van der Waals surface area contributed by atoms with Crippen molar-refractivity contribution in [3.63, 3.8) is 0 Å². The predicted molar refractivity (Wildman–Crippen MR) is 101 cm³/mol. The number of anilines is 1. The molecule has 1 amide bonds. The molecule has 0 radical (unpaired) electrons. The van der Waals surface area contributed by atoms with Crippen LogP contribution in [0.4, 0.5) is 5.82 Å². The van der Waals surface area contributed by atoms with Gasteiger partial charge in [0.25, 0.3) is 0 Å². The Morgan fingerprint density at radius 3 is 2.73 bits per heavy atom. The fourth-order valence-electron chi connectivity index (χ4n) is 4.44. The van der Waals surface area contributed by atoms with Crippen LogP contribution in [0.5, 0.6) is 0 Å². The summed E-state index contributed by atoms with van der Waals surface area (Å²) in [5.41, 5.74) is 7.50. The van der Waals surface area contributed by atoms with Crippen LogP contribution < -0.4 is 21.1 Å². The number of rotatable bonds is 5. The summed E-state index contributed by atoms with van der Waals surface area (Å²) >= 11 is 0. The molecule has 26 heavy (non-hydrogen) atoms. The van der Waals surface area contributed by atoms with Crippen LogP contribution in [-0.2, 0) is 4.79 Å². The van der Waals surface area contributed by atoms with Crippen LogP contribution in [0.1, 0.15) is 57.6 Å². The molecule has 0 spiro atoms. The fraction of sp³-hybridized carbons (Fsp3) is 0.737. The molecule has 0 aromatic carbocycles. The van der Waals surface area contributed by atoms with Gasteiger partial charge in [0, 0.05) is 42.9 Å². The molecule has 3 N–H and O–H groups in total. The van der Waals surface area contributed by atoms with Crippen molar-refractivity contribution >= 4 is 11.7 Å². The van der Waals surface area contributed by atoms with Crippen LogP contribution in [-0.4, -0.2) is 47.1 Å². The molecule has 1 saturated carbocycles. The van der Waals surface area contributed by atoms with Crippen LogP contribution in [0.15, 0.2) is 12.4 Å². The maximum absolute atomic E-state index is 12.5. The molecule has 142 valence electrons. The molecule has 4 rings (SSSR count). The van der Waals surface area contributed by atoms with E-state index in [9.17, 15) is 4.79 Å². The average Bonchev–Trinajstić information content (AvgIpc) is 3.27. The van der Waals surface area contributed by atoms with Gasteiger partial charge in [0.05, 0.1) is 0 Å². The van der Waals surface area contributed by atoms with Gasteiger partial charge in [-0.05, 0) is 38.0 Å². The van der Waals surface area contributed by atoms with Gasteiger partial charge in [0.1, 0.15) is 18.2 Å². The number of nitrogens with zero attached hydrogens (tertiary/aromatic N) is 3. The van der Waals surface area contributed by atoms with E-state index in [1.807, 2.05) is 0 Å². The topological polar surface area (TPSA) is 82.2 Å². The monoisotopic (exact) mass is 358 g/mol. The van der Waals surface area contributed by atoms with E-state index in [0.29, 0.717) is 17.9 Å². The van der Waals surface area contributed by atoms with Gasteiger partial charge >= 0.3 is 0 Å². The summed E-state index contributed by atoms with van der Waals surface area (Å²) in [5.74, 6) is 1.91. The number of hydrazine groups is 1. The maximum atomic E-state index is 12.5. The minimum Gasteiger partial charge on any atom is -0.357 e. The second-order valence-electron chi connectivity index (χ2n) is 8.01. The van der Waals surface area contributed by atoms with Crippen LogP contribution in [0.3, 0.4) is 0 Å². The second kappa shape index (κ2) is 7.48. The smallest absolute Gasteiger partial charge is 0.239 e. The molecular formula is C19H30N6O. The third-order valence-corrected chi connectivity index (χ3v) is 6.31. The summed E-state index contributed by atoms with van der Waals surface area (Å²) in [6.45, 7) is 6.47. The second-order valence-corrected chi connectivity index (χ2v) is 8.01. The first-order valence-electron chi connectivity index (χ1n) is 10.0. The Morgan fingerprint density at radius 2 is 2.04 bits per heavy atom. The first-order valence-corrected chi connectivity index (χ1v) is 10.0. The number of aromatic nitrogens is 2. The molecule has 3 atom stereocenters. The normalized spacial score (nSPS) is 33.9. The van der Waals surface area contributed by atoms with Gasteiger partial charge < -0.3 is 10.2 Å². The van der Waals surface area contributed by atoms with Gasteiger partial charge in [0.2, 0.25) is 5.91 Å². The van der Waals surface area contributed by atoms with Crippen molar-refractivity contribution < 1.29 is 4.79 Å². The molecule has 7 nitrogen and oxygen atoms in total. The van der Waals surface area contributed by atoms with Crippen molar-refractivity contribution in [3.05, 3.63) is 18.1 Å². The van der Waals surface area contributed by atoms with E-state index in [4.69, 9.17) is 0 Å². The van der Waals surface area contributed by atoms with Crippen molar-refractivity contribution in [1.82, 2.24) is 26.1 Å². The van der Waals surface area contributed by atoms with E-state index >= 15 is 0 Å². The Bertz CT molecular complexity index is 641. The summed E-state index contributed by atoms with van der Waals surface area (Å²) in [6.07, 6.45) is 7.14. The molecule has 3 heterocycles. The number of carbonyl (C=O) groups is 1. The number of amides is 1. The van der Waals surface area contributed by atoms with Crippen LogP contribution in [0.2, 0.25) is 0 Å². The standard InChI is InChI=1S/C19H30N6O/c1-3-15-12(2)18(24-23-15)19(26)22-14-8-13(9-14)16-10-17(21-11-20-16)25-6-4-5-7-25/h10-15,18,23-24H,3-9H2,1-2H3,(H,22,26). The van der Waals surface area contributed by atoms with E-state index in [0.717, 1.165) is 43.9 Å². The van der Waals surface area contributed by atoms with Crippen LogP contribution in [0, 0.1) is 5.92 Å². The molecule has 0 bridgehead atoms. The molecule has 2 aliphatic heterocycles. The van der Waals surface area contributed by atoms with E-state index in [2.05, 4.69) is 51.0 Å². The molecule has 3 unspecified atom stereocenters. The zero-order valence-electron chi connectivity index (χ0n) is 15.7. The van der Waals surface area contributed by atoms with Crippen molar-refractivity contribution in [2.45, 2.75) is 70.0 Å². The van der Waals surface area contributed by atoms with E-state index in [-0.39, 0.29) is 18.0 Å². The van der Waals surface area contributed by atoms with Gasteiger partial charge in [-0.25, -0.2) is 15.4 Å². The lowest BCUT2D eigenvalue weighted by Crippen LogP contribution is -2.51. The summed E-state index contributed by atoms with van der Waals surface area (Å²) in [7, 11) is 0. The summed E-state index contributed by atoms with van der Waals surface area (Å²) < 4.78 is 0. The Hall–Kier alpha value is -1.73. The van der Waals surface area contributed by atoms with Crippen molar-refractivity contribution in [2.75, 3.05) is 18.0 Å². The van der Waals surface area contributed by atoms with Gasteiger partial charge in [-0.2, -0.15) is 0 Å². The van der Waals surface area contributed by atoms with E-state index in [1.54, 1.807) is 6.33 Å². The molecule has 2 saturated heterocycles. The highest BCUT2D eigenvalue weighted by Crippen LogP contribution is 2.37. The largest absolute Gasteiger partial charge is 0.357 e. The van der Waals surface area contributed by atoms with E-state index < -0.39 is 0 Å². The van der Waals surface area contributed by atoms with Gasteiger partial charge in [-0.1, -0.05) is 13.8 Å². The van der Waals surface area contributed by atoms with Gasteiger partial charge in [-0.15, -0.1) is 0 Å². The fourth-order valence-corrected chi connectivity index (χ4v) is 4.44. The molecule has 1 aromatic heterocycles. The minimum absolute atomic E-state index is 0.116. The SMILES string of the molecule is CCC1NNC(C(=O)NC2CC(c3cc(N4CCCC4)ncn3)C2)C1C. The van der Waals surface area contributed by atoms with E-state index in [1.165, 1.54) is 12.8 Å². The summed E-state index contributed by atoms with van der Waals surface area (Å²) in [6, 6.07) is 2.63. The zero-order chi connectivity index (χ0) is 18.1. The lowest BCUT2D eigenvalue weighted by Gasteiger charge is -2.36. The van der Waals surface area contributed by atoms with Crippen molar-refractivity contribution in [1.29, 1.82) is 0 Å². The molecule has 1 aliphatic carbocycles. The highest BCUT2D eigenvalue weighted by Gasteiger charge is 2.39. The Labute approximate surface area is 155 Å². The predicted octanol–water partition coefficient (Wildman–Crippen LogP) is 1.33. The van der Waals surface area contributed by atoms with Crippen molar-refractivity contribution in [3.8, 4) is 0 Å². The first kappa shape index (κ1) is 17.7. The number of carbonyl (C=O) groups excluding carboxylic acids is 1. The third-order valence-electron chi connectivity index (χ3n) is 6.31. The number of hydrogen-bond acceptors (Lipinski definition) is 6. The summed E-state index contributed by atoms with van der Waals surface area (Å²) in [5, 5.41) is 3.21. The summed E-state index contributed by atoms with van der Waals surface area (Å²) in [4.78, 5) is 23.8. The third kappa shape index (κ3) is 3.42. The lowest BCUT2D eigenvalue weighted by atomic mass is 9.77. The molecule has 3 fully saturated rings. The number of nitrogens with one attached hydrogen (secondary N) is 3. The average molecular weight is 358 g/mol. The number of hydrogen-bond donors (Lipinski definition) is 3. The highest BCUT2D eigenvalue weighted by atomic mass is 16.2. The Balaban J connectivity index is 1.29. The Morgan fingerprint density at radius 1 is 1.27 bits per heavy atom. The quantitative estimate of drug-likeness (QED) is 0.737. The van der Waals surface area contributed by atoms with Gasteiger partial charge in [0.15, 0.2) is 0 Å². The molecule has 3 aliphatic rings. The van der Waals surface area contributed by atoms with Gasteiger partial charge in [-0.3, -0.25) is 10.2 Å². The van der Waals surface area contributed by atoms with Crippen LogP contribution in [0.25, 0.3) is 0 Å². The van der Waals surface area contributed by atoms with Crippen LogP contribution >= 0.6 is 0 Å². The minimum atomic E-state index is -0.139. The zero-order valence-corrected chi connectivity index (χ0v) is 15.7. The first-order chi connectivity index (χ1) is 12.7. The Kier molecular flexibility index (Phi) is 5.09. The van der Waals surface area contributed by atoms with Crippen molar-refractivity contribution in [2.24, 2.45) is 5.92 Å². The maximum Gasteiger partial charge on any atom is 0.239 e. The molecular weight excluding hydrogens is 328 g/mol. The highest BCUT2D eigenvalue weighted by molar-refractivity contribution is 5.82. The lowest BCUT2D eigenvalue weighted by molar-refractivity contribution is -0.125. The molecule has 7 heteroatoms. The molecule has 1 aromatic rings.